The van der Waals surface area contributed by atoms with Crippen molar-refractivity contribution >= 4 is 51.2 Å². The van der Waals surface area contributed by atoms with E-state index in [9.17, 15) is 64.5 Å². The number of allylic oxidation sites excluding steroid dienone is 2. The van der Waals surface area contributed by atoms with Crippen molar-refractivity contribution in [2.75, 3.05) is 18.5 Å². The fraction of sp³-hybridized carbons (Fsp3) is 0.831. The molecule has 526 valence electrons. The van der Waals surface area contributed by atoms with E-state index in [2.05, 4.69) is 22.5 Å². The lowest BCUT2D eigenvalue weighted by Gasteiger charge is -2.68. The first kappa shape index (κ1) is 75.3. The summed E-state index contributed by atoms with van der Waals surface area (Å²) in [7, 11) is 0. The van der Waals surface area contributed by atoms with Crippen LogP contribution in [0.3, 0.4) is 0 Å². The van der Waals surface area contributed by atoms with Gasteiger partial charge in [-0.15, -0.1) is 0 Å². The Kier molecular flexibility index (Phi) is 20.8. The second kappa shape index (κ2) is 25.6. The number of carbonyl (C=O) groups is 6. The van der Waals surface area contributed by atoms with Crippen LogP contribution in [0.1, 0.15) is 171 Å². The molecule has 10 rings (SSSR count). The highest BCUT2D eigenvalue weighted by Gasteiger charge is 2.85. The number of esters is 3. The van der Waals surface area contributed by atoms with Gasteiger partial charge in [0.05, 0.1) is 59.5 Å². The smallest absolute Gasteiger partial charge is 0.348 e. The van der Waals surface area contributed by atoms with Gasteiger partial charge in [-0.05, 0) is 134 Å². The molecule has 0 aromatic carbocycles. The van der Waals surface area contributed by atoms with Gasteiger partial charge < -0.3 is 73.6 Å². The second-order valence-corrected chi connectivity index (χ2v) is 33.6. The number of hydrogen-bond donors (Lipinski definition) is 7. The zero-order valence-electron chi connectivity index (χ0n) is 58.4. The Morgan fingerprint density at radius 2 is 1.13 bits per heavy atom. The molecule has 8 fully saturated rings. The lowest BCUT2D eigenvalue weighted by Crippen LogP contribution is -2.78. The van der Waals surface area contributed by atoms with Gasteiger partial charge in [-0.1, -0.05) is 117 Å². The molecule has 7 N–H and O–H groups in total. The molecule has 6 aliphatic carbocycles. The standard InChI is InChI=1S/C35H53BrO11.C30H44O9.C6H12O/c1-16(2)34(41,17(3)4)13-23(38)45-26-25-19(6)27(39)35(42)30-32(10)20(12-22(44-29(26)40)33(25,30)15-43-35)18(5)11-21(37)28(32)46-24(14-36)47-31(7,8)9;1-13(2)29(36,14(3)4)11-17(31)9-18-22-16(6)23(33)30(37)26-27(7)19(15(5)8-20(32)24(27)34)10-21(39-25(18)35)28(22,26)12-38-30;1-5-7-6(2,3)4/h11,16-17,19-20,22,24-28,30,39,41-42H,12-15H2,1-10H3;8,13-14,16,18-19,21-24,26,33-34,36-37H,9-12H2,1-7H3;5H,1H2,2-4H3/t19-,20+,22-,24?,25?,26?,27-,28-,30?,32-,33+,35+;16-,18?,19+,21-,22?,23-,24-,26?,27-,28+,30+;/m11./s1. The highest BCUT2D eigenvalue weighted by atomic mass is 79.9. The van der Waals surface area contributed by atoms with Gasteiger partial charge >= 0.3 is 17.9 Å². The minimum absolute atomic E-state index is 0.0310. The number of ether oxygens (including phenoxy) is 8. The van der Waals surface area contributed by atoms with Crippen LogP contribution >= 0.6 is 15.9 Å². The summed E-state index contributed by atoms with van der Waals surface area (Å²) in [5, 5.41) is 82.0. The van der Waals surface area contributed by atoms with Gasteiger partial charge in [-0.3, -0.25) is 24.0 Å². The predicted octanol–water partition coefficient (Wildman–Crippen LogP) is 7.41. The maximum atomic E-state index is 14.0. The van der Waals surface area contributed by atoms with Crippen LogP contribution in [0, 0.1) is 98.6 Å². The molecule has 10 aliphatic rings. The van der Waals surface area contributed by atoms with Crippen molar-refractivity contribution in [3.05, 3.63) is 36.1 Å². The highest BCUT2D eigenvalue weighted by Crippen LogP contribution is 2.76. The maximum absolute atomic E-state index is 14.0. The number of carbonyl (C=O) groups excluding carboxylic acids is 6. The molecule has 22 heteroatoms. The SMILES string of the molecule is C=COC(C)(C)C.CC1=CC(=O)[C@@H](O)[C@]2(C)C3[C@]45CO[C@@]3(O)[C@H](O)[C@H](C)C4C(CC(=O)CC(O)(C(C)C)C(C)C)C(=O)O[C@@H]5C[C@@H]12.CC1=CC(=O)[C@@H](OC(CBr)OC(C)(C)C)[C@]2(C)C3[C@]45CO[C@@]3(O)[C@H](O)[C@H](C)C4C(OC(=O)CC(O)(C(C)C)C(C)C)C(=O)O[C@@H]5C[C@@H]12. The van der Waals surface area contributed by atoms with E-state index >= 15 is 0 Å². The largest absolute Gasteiger partial charge is 0.496 e. The molecule has 2 spiro atoms. The number of aliphatic hydroxyl groups excluding tert-OH is 3. The number of aliphatic hydroxyl groups is 7. The summed E-state index contributed by atoms with van der Waals surface area (Å²) in [6, 6.07) is 0. The monoisotopic (exact) mass is 1380 g/mol. The van der Waals surface area contributed by atoms with Gasteiger partial charge in [0.15, 0.2) is 29.4 Å². The highest BCUT2D eigenvalue weighted by molar-refractivity contribution is 9.09. The Morgan fingerprint density at radius 1 is 0.688 bits per heavy atom. The number of ketones is 3. The molecule has 4 heterocycles. The Balaban J connectivity index is 0.000000219. The number of rotatable bonds is 16. The topological polar surface area (TPSA) is 318 Å². The zero-order chi connectivity index (χ0) is 70.2. The summed E-state index contributed by atoms with van der Waals surface area (Å²) in [6.07, 6.45) is -4.73. The van der Waals surface area contributed by atoms with E-state index in [0.29, 0.717) is 12.8 Å². The first-order valence-corrected chi connectivity index (χ1v) is 34.7. The van der Waals surface area contributed by atoms with E-state index in [4.69, 9.17) is 37.9 Å². The fourth-order valence-corrected chi connectivity index (χ4v) is 20.3. The average molecular weight is 1380 g/mol. The normalized spacial score (nSPS) is 41.8. The van der Waals surface area contributed by atoms with Crippen LogP contribution in [0.25, 0.3) is 0 Å². The number of alkyl halides is 1. The summed E-state index contributed by atoms with van der Waals surface area (Å²) >= 11 is 3.46. The molecule has 93 heavy (non-hydrogen) atoms. The third-order valence-electron chi connectivity index (χ3n) is 24.4. The molecular weight excluding hydrogens is 1270 g/mol. The van der Waals surface area contributed by atoms with E-state index < -0.39 is 170 Å². The number of halogens is 1. The number of Topliss-reactive ketones (excluding diaryl/α,β-unsaturated/α-hetero) is 1. The fourth-order valence-electron chi connectivity index (χ4n) is 20.0. The van der Waals surface area contributed by atoms with Gasteiger partial charge in [0.25, 0.3) is 0 Å². The Morgan fingerprint density at radius 3 is 1.58 bits per heavy atom. The molecule has 21 nitrogen and oxygen atoms in total. The van der Waals surface area contributed by atoms with Crippen LogP contribution in [0.15, 0.2) is 36.1 Å². The molecule has 4 saturated heterocycles. The molecule has 0 amide bonds. The quantitative estimate of drug-likeness (QED) is 0.0260. The average Bonchev–Trinajstić information content (AvgIpc) is 1.61. The zero-order valence-corrected chi connectivity index (χ0v) is 60.0. The second-order valence-electron chi connectivity index (χ2n) is 32.9. The first-order valence-electron chi connectivity index (χ1n) is 33.6. The minimum atomic E-state index is -2.12. The third-order valence-corrected chi connectivity index (χ3v) is 24.9. The lowest BCUT2D eigenvalue weighted by molar-refractivity contribution is -0.347. The van der Waals surface area contributed by atoms with Crippen LogP contribution in [0.5, 0.6) is 0 Å². The minimum Gasteiger partial charge on any atom is -0.496 e. The number of hydrogen-bond acceptors (Lipinski definition) is 21. The summed E-state index contributed by atoms with van der Waals surface area (Å²) in [4.78, 5) is 81.3. The van der Waals surface area contributed by atoms with Gasteiger partial charge in [0, 0.05) is 52.3 Å². The molecule has 4 saturated carbocycles. The number of fused-ring (bicyclic) bond motifs is 2. The van der Waals surface area contributed by atoms with E-state index in [1.165, 1.54) is 12.3 Å². The van der Waals surface area contributed by atoms with Crippen LogP contribution < -0.4 is 0 Å². The molecule has 23 atom stereocenters. The van der Waals surface area contributed by atoms with Gasteiger partial charge in [0.1, 0.15) is 42.4 Å². The van der Waals surface area contributed by atoms with Crippen molar-refractivity contribution in [3.63, 3.8) is 0 Å². The molecule has 7 unspecified atom stereocenters. The molecule has 0 aromatic rings. The van der Waals surface area contributed by atoms with Gasteiger partial charge in [-0.25, -0.2) is 4.79 Å². The first-order chi connectivity index (χ1) is 42.6. The van der Waals surface area contributed by atoms with Crippen LogP contribution in [-0.4, -0.2) is 173 Å². The van der Waals surface area contributed by atoms with Crippen molar-refractivity contribution in [1.82, 2.24) is 0 Å². The van der Waals surface area contributed by atoms with Crippen molar-refractivity contribution < 1.29 is 102 Å². The summed E-state index contributed by atoms with van der Waals surface area (Å²) in [6.45, 7) is 40.3. The van der Waals surface area contributed by atoms with Crippen molar-refractivity contribution in [3.8, 4) is 0 Å². The summed E-state index contributed by atoms with van der Waals surface area (Å²) in [5.41, 5.74) is -6.30. The predicted molar refractivity (Wildman–Crippen MR) is 343 cm³/mol. The van der Waals surface area contributed by atoms with Crippen molar-refractivity contribution in [2.45, 2.75) is 254 Å². The summed E-state index contributed by atoms with van der Waals surface area (Å²) < 4.78 is 48.1. The van der Waals surface area contributed by atoms with Crippen LogP contribution in [0.4, 0.5) is 0 Å². The van der Waals surface area contributed by atoms with E-state index in [0.717, 1.165) is 11.1 Å². The molecular formula is C71H109BrO21. The maximum Gasteiger partial charge on any atom is 0.348 e. The van der Waals surface area contributed by atoms with Crippen LogP contribution in [-0.2, 0) is 66.7 Å². The Labute approximate surface area is 557 Å². The Bertz CT molecular complexity index is 2940. The summed E-state index contributed by atoms with van der Waals surface area (Å²) in [5.74, 6) is -14.6. The molecule has 0 aromatic heterocycles. The van der Waals surface area contributed by atoms with E-state index in [1.54, 1.807) is 33.8 Å². The van der Waals surface area contributed by atoms with Gasteiger partial charge in [0.2, 0.25) is 6.10 Å². The van der Waals surface area contributed by atoms with Crippen molar-refractivity contribution in [1.29, 1.82) is 0 Å². The molecule has 4 aliphatic heterocycles. The van der Waals surface area contributed by atoms with Crippen LogP contribution in [0.2, 0.25) is 0 Å². The Hall–Kier alpha value is -3.52. The molecule has 0 radical (unpaired) electrons. The van der Waals surface area contributed by atoms with Crippen molar-refractivity contribution in [2.24, 2.45) is 98.6 Å². The van der Waals surface area contributed by atoms with E-state index in [-0.39, 0.29) is 84.6 Å². The van der Waals surface area contributed by atoms with Gasteiger partial charge in [-0.2, -0.15) is 0 Å². The molecule has 4 bridgehead atoms. The van der Waals surface area contributed by atoms with E-state index in [1.807, 2.05) is 111 Å². The third kappa shape index (κ3) is 11.9. The lowest BCUT2D eigenvalue weighted by atomic mass is 9.37.